The predicted molar refractivity (Wildman–Crippen MR) is 94.7 cm³/mol. The number of halogens is 1. The molecule has 1 aliphatic rings. The van der Waals surface area contributed by atoms with E-state index in [2.05, 4.69) is 10.3 Å². The lowest BCUT2D eigenvalue weighted by Crippen LogP contribution is -2.40. The average Bonchev–Trinajstić information content (AvgIpc) is 2.63. The van der Waals surface area contributed by atoms with Crippen LogP contribution in [0.15, 0.2) is 36.5 Å². The van der Waals surface area contributed by atoms with Crippen LogP contribution in [0.1, 0.15) is 23.2 Å². The summed E-state index contributed by atoms with van der Waals surface area (Å²) in [5, 5.41) is 14.2. The molecule has 1 fully saturated rings. The van der Waals surface area contributed by atoms with Crippen molar-refractivity contribution in [3.05, 3.63) is 58.0 Å². The molecule has 0 unspecified atom stereocenters. The summed E-state index contributed by atoms with van der Waals surface area (Å²) in [5.41, 5.74) is 5.98. The number of rotatable bonds is 5. The number of pyridine rings is 1. The van der Waals surface area contributed by atoms with Gasteiger partial charge < -0.3 is 16.0 Å². The zero-order valence-corrected chi connectivity index (χ0v) is 13.9. The molecule has 0 spiro atoms. The summed E-state index contributed by atoms with van der Waals surface area (Å²) in [4.78, 5) is 27.9. The van der Waals surface area contributed by atoms with Gasteiger partial charge in [-0.1, -0.05) is 0 Å². The first-order valence-electron chi connectivity index (χ1n) is 8.15. The number of nitrogens with two attached hydrogens (primary N) is 1. The van der Waals surface area contributed by atoms with Crippen molar-refractivity contribution >= 4 is 23.1 Å². The topological polar surface area (TPSA) is 114 Å². The molecule has 136 valence electrons. The Kier molecular flexibility index (Phi) is 4.97. The van der Waals surface area contributed by atoms with E-state index in [-0.39, 0.29) is 23.1 Å². The summed E-state index contributed by atoms with van der Waals surface area (Å²) in [6.45, 7) is 1.23. The Labute approximate surface area is 149 Å². The van der Waals surface area contributed by atoms with Crippen LogP contribution in [0.3, 0.4) is 0 Å². The molecule has 0 atom stereocenters. The highest BCUT2D eigenvalue weighted by atomic mass is 19.1. The average molecular weight is 359 g/mol. The number of nitro groups is 1. The Morgan fingerprint density at radius 2 is 1.96 bits per heavy atom. The van der Waals surface area contributed by atoms with Crippen LogP contribution in [0, 0.1) is 15.9 Å². The molecule has 1 aliphatic heterocycles. The summed E-state index contributed by atoms with van der Waals surface area (Å²) < 4.78 is 13.0. The fraction of sp³-hybridized carbons (Fsp3) is 0.294. The van der Waals surface area contributed by atoms with E-state index in [0.29, 0.717) is 18.9 Å². The van der Waals surface area contributed by atoms with Crippen LogP contribution in [0.2, 0.25) is 0 Å². The highest BCUT2D eigenvalue weighted by Crippen LogP contribution is 2.26. The molecule has 2 heterocycles. The molecular formula is C17H18FN5O3. The third kappa shape index (κ3) is 3.88. The van der Waals surface area contributed by atoms with Gasteiger partial charge in [-0.15, -0.1) is 0 Å². The van der Waals surface area contributed by atoms with Crippen LogP contribution in [0.4, 0.5) is 21.6 Å². The number of carbonyl (C=O) groups is 1. The molecule has 0 bridgehead atoms. The molecule has 3 rings (SSSR count). The lowest BCUT2D eigenvalue weighted by atomic mass is 10.0. The fourth-order valence-corrected chi connectivity index (χ4v) is 3.00. The summed E-state index contributed by atoms with van der Waals surface area (Å²) in [7, 11) is 0. The Hall–Kier alpha value is -3.23. The van der Waals surface area contributed by atoms with Gasteiger partial charge in [-0.3, -0.25) is 14.9 Å². The maximum Gasteiger partial charge on any atom is 0.288 e. The van der Waals surface area contributed by atoms with Crippen LogP contribution in [-0.2, 0) is 0 Å². The number of carbonyl (C=O) groups excluding carboxylic acids is 1. The summed E-state index contributed by atoms with van der Waals surface area (Å²) in [6, 6.07) is 7.53. The van der Waals surface area contributed by atoms with Gasteiger partial charge in [0.25, 0.3) is 11.6 Å². The third-order valence-electron chi connectivity index (χ3n) is 4.34. The summed E-state index contributed by atoms with van der Waals surface area (Å²) >= 11 is 0. The number of hydrogen-bond donors (Lipinski definition) is 2. The summed E-state index contributed by atoms with van der Waals surface area (Å²) in [6.07, 6.45) is 2.67. The van der Waals surface area contributed by atoms with Crippen molar-refractivity contribution in [3.63, 3.8) is 0 Å². The van der Waals surface area contributed by atoms with E-state index in [1.165, 1.54) is 12.1 Å². The van der Waals surface area contributed by atoms with Gasteiger partial charge in [0.2, 0.25) is 0 Å². The van der Waals surface area contributed by atoms with Gasteiger partial charge in [-0.25, -0.2) is 9.37 Å². The molecule has 1 amide bonds. The standard InChI is InChI=1S/C17H18FN5O3/c18-11-1-3-12(4-2-11)21-13-5-7-22(8-6-13)17-15(16(19)24)9-14(10-20-17)23(25)26/h1-4,9-10,13,21H,5-8H2,(H2,19,24). The van der Waals surface area contributed by atoms with Gasteiger partial charge >= 0.3 is 0 Å². The van der Waals surface area contributed by atoms with E-state index in [9.17, 15) is 19.3 Å². The maximum atomic E-state index is 13.0. The largest absolute Gasteiger partial charge is 0.382 e. The minimum Gasteiger partial charge on any atom is -0.382 e. The Morgan fingerprint density at radius 3 is 2.54 bits per heavy atom. The van der Waals surface area contributed by atoms with Crippen LogP contribution in [-0.4, -0.2) is 34.9 Å². The van der Waals surface area contributed by atoms with Crippen molar-refractivity contribution in [2.75, 3.05) is 23.3 Å². The number of benzene rings is 1. The number of nitrogens with one attached hydrogen (secondary N) is 1. The number of amides is 1. The van der Waals surface area contributed by atoms with Gasteiger partial charge in [0, 0.05) is 30.9 Å². The monoisotopic (exact) mass is 359 g/mol. The van der Waals surface area contributed by atoms with Crippen molar-refractivity contribution in [1.82, 2.24) is 4.98 Å². The highest BCUT2D eigenvalue weighted by molar-refractivity contribution is 5.98. The SMILES string of the molecule is NC(=O)c1cc([N+](=O)[O-])cnc1N1CCC(Nc2ccc(F)cc2)CC1. The first-order valence-corrected chi connectivity index (χ1v) is 8.15. The molecule has 8 nitrogen and oxygen atoms in total. The molecule has 1 aromatic carbocycles. The summed E-state index contributed by atoms with van der Waals surface area (Å²) in [5.74, 6) is -0.667. The Balaban J connectivity index is 1.68. The van der Waals surface area contributed by atoms with Crippen LogP contribution < -0.4 is 16.0 Å². The highest BCUT2D eigenvalue weighted by Gasteiger charge is 2.25. The molecule has 3 N–H and O–H groups in total. The minimum atomic E-state index is -0.747. The molecule has 0 aliphatic carbocycles. The zero-order valence-electron chi connectivity index (χ0n) is 13.9. The first-order chi connectivity index (χ1) is 12.4. The van der Waals surface area contributed by atoms with Crippen LogP contribution >= 0.6 is 0 Å². The molecule has 26 heavy (non-hydrogen) atoms. The second-order valence-corrected chi connectivity index (χ2v) is 6.10. The molecular weight excluding hydrogens is 341 g/mol. The van der Waals surface area contributed by atoms with Crippen molar-refractivity contribution < 1.29 is 14.1 Å². The number of hydrogen-bond acceptors (Lipinski definition) is 6. The van der Waals surface area contributed by atoms with Gasteiger partial charge in [-0.2, -0.15) is 0 Å². The third-order valence-corrected chi connectivity index (χ3v) is 4.34. The van der Waals surface area contributed by atoms with Crippen molar-refractivity contribution in [1.29, 1.82) is 0 Å². The lowest BCUT2D eigenvalue weighted by Gasteiger charge is -2.34. The number of anilines is 2. The Bertz CT molecular complexity index is 820. The smallest absolute Gasteiger partial charge is 0.288 e. The second-order valence-electron chi connectivity index (χ2n) is 6.10. The van der Waals surface area contributed by atoms with Crippen molar-refractivity contribution in [2.24, 2.45) is 5.73 Å². The molecule has 2 aromatic rings. The van der Waals surface area contributed by atoms with Gasteiger partial charge in [0.1, 0.15) is 17.8 Å². The second kappa shape index (κ2) is 7.34. The molecule has 0 saturated carbocycles. The fourth-order valence-electron chi connectivity index (χ4n) is 3.00. The minimum absolute atomic E-state index is 0.0455. The maximum absolute atomic E-state index is 13.0. The number of aromatic nitrogens is 1. The number of nitrogens with zero attached hydrogens (tertiary/aromatic N) is 3. The van der Waals surface area contributed by atoms with Gasteiger partial charge in [0.05, 0.1) is 10.5 Å². The van der Waals surface area contributed by atoms with E-state index < -0.39 is 10.8 Å². The van der Waals surface area contributed by atoms with E-state index in [0.717, 1.165) is 30.8 Å². The van der Waals surface area contributed by atoms with E-state index in [1.54, 1.807) is 12.1 Å². The van der Waals surface area contributed by atoms with E-state index in [1.807, 2.05) is 4.90 Å². The van der Waals surface area contributed by atoms with Gasteiger partial charge in [-0.05, 0) is 37.1 Å². The van der Waals surface area contributed by atoms with Crippen molar-refractivity contribution in [3.8, 4) is 0 Å². The molecule has 1 saturated heterocycles. The lowest BCUT2D eigenvalue weighted by molar-refractivity contribution is -0.385. The quantitative estimate of drug-likeness (QED) is 0.625. The molecule has 9 heteroatoms. The zero-order chi connectivity index (χ0) is 18.7. The normalized spacial score (nSPS) is 14.9. The van der Waals surface area contributed by atoms with Crippen LogP contribution in [0.25, 0.3) is 0 Å². The van der Waals surface area contributed by atoms with Gasteiger partial charge in [0.15, 0.2) is 0 Å². The van der Waals surface area contributed by atoms with Crippen molar-refractivity contribution in [2.45, 2.75) is 18.9 Å². The molecule has 1 aromatic heterocycles. The number of primary amides is 1. The van der Waals surface area contributed by atoms with Crippen LogP contribution in [0.5, 0.6) is 0 Å². The van der Waals surface area contributed by atoms with E-state index >= 15 is 0 Å². The number of piperidine rings is 1. The van der Waals surface area contributed by atoms with E-state index in [4.69, 9.17) is 5.73 Å². The molecule has 0 radical (unpaired) electrons. The predicted octanol–water partition coefficient (Wildman–Crippen LogP) is 2.31. The first kappa shape index (κ1) is 17.6. The Morgan fingerprint density at radius 1 is 1.31 bits per heavy atom.